The van der Waals surface area contributed by atoms with Gasteiger partial charge >= 0.3 is 0 Å². The summed E-state index contributed by atoms with van der Waals surface area (Å²) in [4.78, 5) is 12.0. The van der Waals surface area contributed by atoms with E-state index in [1.165, 1.54) is 0 Å². The van der Waals surface area contributed by atoms with E-state index < -0.39 is 0 Å². The molecule has 0 fully saturated rings. The fourth-order valence-electron chi connectivity index (χ4n) is 1.98. The first-order valence-corrected chi connectivity index (χ1v) is 7.78. The van der Waals surface area contributed by atoms with Gasteiger partial charge in [-0.15, -0.1) is 0 Å². The molecular weight excluding hydrogens is 319 g/mol. The second-order valence-corrected chi connectivity index (χ2v) is 5.92. The molecule has 2 N–H and O–H groups in total. The Morgan fingerprint density at radius 1 is 1.09 bits per heavy atom. The second kappa shape index (κ2) is 7.52. The van der Waals surface area contributed by atoms with Crippen LogP contribution in [0.2, 0.25) is 10.0 Å². The Kier molecular flexibility index (Phi) is 5.69. The Morgan fingerprint density at radius 3 is 2.59 bits per heavy atom. The van der Waals surface area contributed by atoms with Crippen LogP contribution < -0.4 is 10.6 Å². The smallest absolute Gasteiger partial charge is 0.226 e. The lowest BCUT2D eigenvalue weighted by molar-refractivity contribution is -0.115. The molecule has 116 valence electrons. The third-order valence-corrected chi connectivity index (χ3v) is 4.21. The summed E-state index contributed by atoms with van der Waals surface area (Å²) in [6.45, 7) is 4.36. The standard InChI is InChI=1S/C17H18Cl2N2O/c1-11-6-7-13(10-15(11)19)20-9-8-17(22)21-16-5-3-4-14(18)12(16)2/h3-7,10,20H,8-9H2,1-2H3,(H,21,22). The molecule has 0 aliphatic rings. The van der Waals surface area contributed by atoms with Crippen LogP contribution in [0.4, 0.5) is 11.4 Å². The van der Waals surface area contributed by atoms with Crippen LogP contribution in [0, 0.1) is 13.8 Å². The number of halogens is 2. The zero-order valence-corrected chi connectivity index (χ0v) is 14.1. The topological polar surface area (TPSA) is 41.1 Å². The van der Waals surface area contributed by atoms with Crippen molar-refractivity contribution in [3.05, 3.63) is 57.6 Å². The van der Waals surface area contributed by atoms with Crippen LogP contribution >= 0.6 is 23.2 Å². The number of hydrogen-bond acceptors (Lipinski definition) is 2. The molecule has 2 aromatic carbocycles. The third kappa shape index (κ3) is 4.39. The molecule has 1 amide bonds. The molecule has 0 atom stereocenters. The minimum absolute atomic E-state index is 0.0592. The summed E-state index contributed by atoms with van der Waals surface area (Å²) in [6.07, 6.45) is 0.359. The molecule has 22 heavy (non-hydrogen) atoms. The van der Waals surface area contributed by atoms with Gasteiger partial charge in [-0.25, -0.2) is 0 Å². The number of rotatable bonds is 5. The van der Waals surface area contributed by atoms with Gasteiger partial charge in [-0.1, -0.05) is 35.3 Å². The molecule has 3 nitrogen and oxygen atoms in total. The van der Waals surface area contributed by atoms with Gasteiger partial charge in [0.2, 0.25) is 5.91 Å². The molecule has 2 aromatic rings. The molecule has 0 radical (unpaired) electrons. The van der Waals surface area contributed by atoms with Gasteiger partial charge in [-0.3, -0.25) is 4.79 Å². The predicted molar refractivity (Wildman–Crippen MR) is 94.1 cm³/mol. The Labute approximate surface area is 140 Å². The van der Waals surface area contributed by atoms with Crippen molar-refractivity contribution in [2.45, 2.75) is 20.3 Å². The fraction of sp³-hybridized carbons (Fsp3) is 0.235. The highest BCUT2D eigenvalue weighted by Gasteiger charge is 2.06. The minimum Gasteiger partial charge on any atom is -0.384 e. The van der Waals surface area contributed by atoms with Crippen LogP contribution in [-0.4, -0.2) is 12.5 Å². The van der Waals surface area contributed by atoms with Crippen LogP contribution in [0.3, 0.4) is 0 Å². The van der Waals surface area contributed by atoms with Gasteiger partial charge in [0, 0.05) is 34.4 Å². The van der Waals surface area contributed by atoms with Crippen molar-refractivity contribution >= 4 is 40.5 Å². The Bertz CT molecular complexity index is 686. The van der Waals surface area contributed by atoms with Crippen LogP contribution in [0.25, 0.3) is 0 Å². The average molecular weight is 337 g/mol. The maximum Gasteiger partial charge on any atom is 0.226 e. The summed E-state index contributed by atoms with van der Waals surface area (Å²) in [5.41, 5.74) is 3.55. The molecule has 0 aliphatic carbocycles. The van der Waals surface area contributed by atoms with Gasteiger partial charge in [-0.05, 0) is 49.2 Å². The number of carbonyl (C=O) groups excluding carboxylic acids is 1. The van der Waals surface area contributed by atoms with Crippen molar-refractivity contribution in [3.63, 3.8) is 0 Å². The van der Waals surface area contributed by atoms with Gasteiger partial charge < -0.3 is 10.6 Å². The van der Waals surface area contributed by atoms with Gasteiger partial charge in [0.1, 0.15) is 0 Å². The minimum atomic E-state index is -0.0592. The van der Waals surface area contributed by atoms with Crippen molar-refractivity contribution in [1.29, 1.82) is 0 Å². The number of hydrogen-bond donors (Lipinski definition) is 2. The van der Waals surface area contributed by atoms with E-state index in [1.807, 2.05) is 44.2 Å². The van der Waals surface area contributed by atoms with Crippen molar-refractivity contribution in [1.82, 2.24) is 0 Å². The molecule has 0 saturated heterocycles. The van der Waals surface area contributed by atoms with E-state index in [2.05, 4.69) is 10.6 Å². The number of benzene rings is 2. The Hall–Kier alpha value is -1.71. The summed E-state index contributed by atoms with van der Waals surface area (Å²) in [7, 11) is 0. The van der Waals surface area contributed by atoms with E-state index in [0.29, 0.717) is 23.0 Å². The lowest BCUT2D eigenvalue weighted by Crippen LogP contribution is -2.16. The summed E-state index contributed by atoms with van der Waals surface area (Å²) in [5, 5.41) is 7.41. The SMILES string of the molecule is Cc1ccc(NCCC(=O)Nc2cccc(Cl)c2C)cc1Cl. The first-order valence-electron chi connectivity index (χ1n) is 7.02. The first-order chi connectivity index (χ1) is 10.5. The van der Waals surface area contributed by atoms with E-state index in [9.17, 15) is 4.79 Å². The van der Waals surface area contributed by atoms with E-state index in [0.717, 1.165) is 22.5 Å². The molecule has 0 bridgehead atoms. The lowest BCUT2D eigenvalue weighted by atomic mass is 10.2. The maximum atomic E-state index is 12.0. The molecular formula is C17H18Cl2N2O. The van der Waals surface area contributed by atoms with E-state index in [4.69, 9.17) is 23.2 Å². The summed E-state index contributed by atoms with van der Waals surface area (Å²) in [5.74, 6) is -0.0592. The van der Waals surface area contributed by atoms with Gasteiger partial charge in [0.05, 0.1) is 0 Å². The lowest BCUT2D eigenvalue weighted by Gasteiger charge is -2.11. The predicted octanol–water partition coefficient (Wildman–Crippen LogP) is 5.05. The highest BCUT2D eigenvalue weighted by molar-refractivity contribution is 6.32. The normalized spacial score (nSPS) is 10.4. The largest absolute Gasteiger partial charge is 0.384 e. The fourth-order valence-corrected chi connectivity index (χ4v) is 2.33. The summed E-state index contributed by atoms with van der Waals surface area (Å²) < 4.78 is 0. The van der Waals surface area contributed by atoms with Crippen molar-refractivity contribution in [2.75, 3.05) is 17.2 Å². The maximum absolute atomic E-state index is 12.0. The average Bonchev–Trinajstić information content (AvgIpc) is 2.48. The second-order valence-electron chi connectivity index (χ2n) is 5.10. The monoisotopic (exact) mass is 336 g/mol. The van der Waals surface area contributed by atoms with E-state index >= 15 is 0 Å². The number of anilines is 2. The van der Waals surface area contributed by atoms with Crippen molar-refractivity contribution in [3.8, 4) is 0 Å². The number of amides is 1. The van der Waals surface area contributed by atoms with Crippen LogP contribution in [0.15, 0.2) is 36.4 Å². The van der Waals surface area contributed by atoms with Crippen LogP contribution in [-0.2, 0) is 4.79 Å². The summed E-state index contributed by atoms with van der Waals surface area (Å²) >= 11 is 12.1. The third-order valence-electron chi connectivity index (χ3n) is 3.39. The molecule has 0 saturated carbocycles. The van der Waals surface area contributed by atoms with Crippen LogP contribution in [0.5, 0.6) is 0 Å². The Morgan fingerprint density at radius 2 is 1.86 bits per heavy atom. The van der Waals surface area contributed by atoms with Gasteiger partial charge in [0.25, 0.3) is 0 Å². The first kappa shape index (κ1) is 16.7. The Balaban J connectivity index is 1.85. The van der Waals surface area contributed by atoms with E-state index in [-0.39, 0.29) is 5.91 Å². The molecule has 5 heteroatoms. The molecule has 0 heterocycles. The molecule has 0 spiro atoms. The molecule has 0 unspecified atom stereocenters. The van der Waals surface area contributed by atoms with Gasteiger partial charge in [0.15, 0.2) is 0 Å². The summed E-state index contributed by atoms with van der Waals surface area (Å²) in [6, 6.07) is 11.2. The zero-order valence-electron chi connectivity index (χ0n) is 12.5. The quantitative estimate of drug-likeness (QED) is 0.801. The highest BCUT2D eigenvalue weighted by atomic mass is 35.5. The molecule has 2 rings (SSSR count). The van der Waals surface area contributed by atoms with Gasteiger partial charge in [-0.2, -0.15) is 0 Å². The van der Waals surface area contributed by atoms with Crippen molar-refractivity contribution in [2.24, 2.45) is 0 Å². The zero-order chi connectivity index (χ0) is 16.1. The number of aryl methyl sites for hydroxylation is 1. The molecule has 0 aromatic heterocycles. The number of carbonyl (C=O) groups is 1. The van der Waals surface area contributed by atoms with Crippen molar-refractivity contribution < 1.29 is 4.79 Å². The van der Waals surface area contributed by atoms with E-state index in [1.54, 1.807) is 6.07 Å². The highest BCUT2D eigenvalue weighted by Crippen LogP contribution is 2.23. The van der Waals surface area contributed by atoms with Crippen LogP contribution in [0.1, 0.15) is 17.5 Å². The molecule has 0 aliphatic heterocycles. The number of nitrogens with one attached hydrogen (secondary N) is 2.